The summed E-state index contributed by atoms with van der Waals surface area (Å²) in [5, 5.41) is 6.47. The molecule has 1 aliphatic heterocycles. The molecule has 5 heteroatoms. The Kier molecular flexibility index (Phi) is 4.30. The van der Waals surface area contributed by atoms with Crippen LogP contribution < -0.4 is 10.6 Å². The second-order valence-corrected chi connectivity index (χ2v) is 7.13. The fourth-order valence-electron chi connectivity index (χ4n) is 2.34. The molecule has 1 aromatic heterocycles. The summed E-state index contributed by atoms with van der Waals surface area (Å²) < 4.78 is 0.649. The van der Waals surface area contributed by atoms with Crippen molar-refractivity contribution in [2.75, 3.05) is 13.1 Å². The van der Waals surface area contributed by atoms with Crippen LogP contribution in [0.2, 0.25) is 4.34 Å². The molecule has 0 bridgehead atoms. The van der Waals surface area contributed by atoms with Crippen LogP contribution in [0.5, 0.6) is 0 Å². The van der Waals surface area contributed by atoms with E-state index < -0.39 is 0 Å². The third-order valence-corrected chi connectivity index (χ3v) is 4.83. The Morgan fingerprint density at radius 2 is 2.39 bits per heavy atom. The van der Waals surface area contributed by atoms with E-state index >= 15 is 0 Å². The minimum Gasteiger partial charge on any atom is -0.350 e. The van der Waals surface area contributed by atoms with Gasteiger partial charge in [0.15, 0.2) is 0 Å². The Morgan fingerprint density at radius 3 is 3.00 bits per heavy atom. The maximum Gasteiger partial charge on any atom is 0.261 e. The number of amides is 1. The molecule has 0 spiro atoms. The summed E-state index contributed by atoms with van der Waals surface area (Å²) in [7, 11) is 0. The minimum absolute atomic E-state index is 0.0323. The molecular weight excluding hydrogens is 268 g/mol. The van der Waals surface area contributed by atoms with Crippen molar-refractivity contribution in [1.82, 2.24) is 10.6 Å². The van der Waals surface area contributed by atoms with Crippen LogP contribution in [-0.2, 0) is 0 Å². The second-order valence-electron chi connectivity index (χ2n) is 5.41. The van der Waals surface area contributed by atoms with Crippen LogP contribution in [0.15, 0.2) is 12.1 Å². The van der Waals surface area contributed by atoms with Crippen molar-refractivity contribution in [2.24, 2.45) is 5.41 Å². The smallest absolute Gasteiger partial charge is 0.261 e. The zero-order valence-corrected chi connectivity index (χ0v) is 12.3. The molecule has 2 N–H and O–H groups in total. The van der Waals surface area contributed by atoms with Crippen LogP contribution in [0.1, 0.15) is 36.4 Å². The highest BCUT2D eigenvalue weighted by Gasteiger charge is 2.32. The van der Waals surface area contributed by atoms with Crippen LogP contribution in [-0.4, -0.2) is 25.0 Å². The summed E-state index contributed by atoms with van der Waals surface area (Å²) >= 11 is 7.14. The van der Waals surface area contributed by atoms with Gasteiger partial charge in [-0.25, -0.2) is 0 Å². The Bertz CT molecular complexity index is 430. The molecule has 1 unspecified atom stereocenters. The quantitative estimate of drug-likeness (QED) is 0.897. The van der Waals surface area contributed by atoms with Gasteiger partial charge in [-0.05, 0) is 36.9 Å². The Hall–Kier alpha value is -0.580. The van der Waals surface area contributed by atoms with E-state index in [2.05, 4.69) is 24.5 Å². The summed E-state index contributed by atoms with van der Waals surface area (Å²) in [4.78, 5) is 12.6. The molecule has 18 heavy (non-hydrogen) atoms. The molecule has 0 aromatic carbocycles. The van der Waals surface area contributed by atoms with Gasteiger partial charge in [-0.1, -0.05) is 25.4 Å². The first kappa shape index (κ1) is 13.8. The molecule has 3 nitrogen and oxygen atoms in total. The van der Waals surface area contributed by atoms with Crippen LogP contribution in [0.25, 0.3) is 0 Å². The summed E-state index contributed by atoms with van der Waals surface area (Å²) in [6, 6.07) is 3.86. The molecule has 1 amide bonds. The Labute approximate surface area is 117 Å². The molecule has 0 aliphatic carbocycles. The molecule has 1 aliphatic rings. The lowest BCUT2D eigenvalue weighted by Gasteiger charge is -2.39. The summed E-state index contributed by atoms with van der Waals surface area (Å²) in [6.07, 6.45) is 2.41. The van der Waals surface area contributed by atoms with E-state index in [4.69, 9.17) is 11.6 Å². The molecule has 2 rings (SSSR count). The maximum absolute atomic E-state index is 11.9. The maximum atomic E-state index is 11.9. The number of carbonyl (C=O) groups excluding carboxylic acids is 1. The van der Waals surface area contributed by atoms with Crippen molar-refractivity contribution in [3.8, 4) is 0 Å². The standard InChI is InChI=1S/C13H19ClN2OS/c1-13(2)6-3-7-15-10(13)8-16-12(17)9-4-5-11(14)18-9/h4-5,10,15H,3,6-8H2,1-2H3,(H,16,17). The lowest BCUT2D eigenvalue weighted by molar-refractivity contribution is 0.0933. The van der Waals surface area contributed by atoms with E-state index in [1.165, 1.54) is 24.2 Å². The number of thiophene rings is 1. The number of rotatable bonds is 3. The van der Waals surface area contributed by atoms with Crippen LogP contribution in [0.3, 0.4) is 0 Å². The topological polar surface area (TPSA) is 41.1 Å². The summed E-state index contributed by atoms with van der Waals surface area (Å²) in [5.41, 5.74) is 0.235. The van der Waals surface area contributed by atoms with Crippen molar-refractivity contribution < 1.29 is 4.79 Å². The van der Waals surface area contributed by atoms with Crippen molar-refractivity contribution in [3.63, 3.8) is 0 Å². The average molecular weight is 287 g/mol. The SMILES string of the molecule is CC1(C)CCCNC1CNC(=O)c1ccc(Cl)s1. The summed E-state index contributed by atoms with van der Waals surface area (Å²) in [5.74, 6) is -0.0323. The monoisotopic (exact) mass is 286 g/mol. The first-order valence-electron chi connectivity index (χ1n) is 6.26. The number of hydrogen-bond acceptors (Lipinski definition) is 3. The van der Waals surface area contributed by atoms with Gasteiger partial charge < -0.3 is 10.6 Å². The van der Waals surface area contributed by atoms with Gasteiger partial charge in [-0.3, -0.25) is 4.79 Å². The first-order valence-corrected chi connectivity index (χ1v) is 7.45. The van der Waals surface area contributed by atoms with E-state index in [1.54, 1.807) is 12.1 Å². The Balaban J connectivity index is 1.89. The highest BCUT2D eigenvalue weighted by atomic mass is 35.5. The predicted octanol–water partition coefficient (Wildman–Crippen LogP) is 2.91. The molecule has 2 heterocycles. The fraction of sp³-hybridized carbons (Fsp3) is 0.615. The van der Waals surface area contributed by atoms with E-state index in [-0.39, 0.29) is 11.3 Å². The minimum atomic E-state index is -0.0323. The van der Waals surface area contributed by atoms with Crippen molar-refractivity contribution >= 4 is 28.8 Å². The number of halogens is 1. The predicted molar refractivity (Wildman–Crippen MR) is 76.5 cm³/mol. The third-order valence-electron chi connectivity index (χ3n) is 3.60. The molecule has 1 saturated heterocycles. The van der Waals surface area contributed by atoms with Gasteiger partial charge in [0.2, 0.25) is 0 Å². The number of piperidine rings is 1. The number of carbonyl (C=O) groups is 1. The normalized spacial score (nSPS) is 22.7. The molecule has 0 saturated carbocycles. The highest BCUT2D eigenvalue weighted by Crippen LogP contribution is 2.29. The third kappa shape index (κ3) is 3.25. The van der Waals surface area contributed by atoms with E-state index in [0.717, 1.165) is 6.54 Å². The van der Waals surface area contributed by atoms with E-state index in [1.807, 2.05) is 0 Å². The van der Waals surface area contributed by atoms with Crippen LogP contribution >= 0.6 is 22.9 Å². The molecule has 1 aromatic rings. The molecular formula is C13H19ClN2OS. The van der Waals surface area contributed by atoms with Gasteiger partial charge >= 0.3 is 0 Å². The summed E-state index contributed by atoms with van der Waals surface area (Å²) in [6.45, 7) is 6.20. The van der Waals surface area contributed by atoms with Gasteiger partial charge in [0.25, 0.3) is 5.91 Å². The van der Waals surface area contributed by atoms with E-state index in [0.29, 0.717) is 21.8 Å². The molecule has 1 fully saturated rings. The van der Waals surface area contributed by atoms with Crippen LogP contribution in [0.4, 0.5) is 0 Å². The zero-order valence-electron chi connectivity index (χ0n) is 10.8. The van der Waals surface area contributed by atoms with E-state index in [9.17, 15) is 4.79 Å². The average Bonchev–Trinajstić information content (AvgIpc) is 2.73. The zero-order chi connectivity index (χ0) is 13.2. The van der Waals surface area contributed by atoms with Crippen molar-refractivity contribution in [2.45, 2.75) is 32.7 Å². The molecule has 100 valence electrons. The molecule has 0 radical (unpaired) electrons. The lowest BCUT2D eigenvalue weighted by Crippen LogP contribution is -2.52. The number of hydrogen-bond donors (Lipinski definition) is 2. The fourth-order valence-corrected chi connectivity index (χ4v) is 3.30. The lowest BCUT2D eigenvalue weighted by atomic mass is 9.77. The largest absolute Gasteiger partial charge is 0.350 e. The first-order chi connectivity index (χ1) is 8.49. The Morgan fingerprint density at radius 1 is 1.61 bits per heavy atom. The highest BCUT2D eigenvalue weighted by molar-refractivity contribution is 7.17. The van der Waals surface area contributed by atoms with Gasteiger partial charge in [-0.15, -0.1) is 11.3 Å². The van der Waals surface area contributed by atoms with Crippen LogP contribution in [0, 0.1) is 5.41 Å². The van der Waals surface area contributed by atoms with Crippen molar-refractivity contribution in [1.29, 1.82) is 0 Å². The molecule has 1 atom stereocenters. The van der Waals surface area contributed by atoms with Gasteiger partial charge in [0.05, 0.1) is 9.21 Å². The van der Waals surface area contributed by atoms with Gasteiger partial charge in [0, 0.05) is 12.6 Å². The van der Waals surface area contributed by atoms with Gasteiger partial charge in [-0.2, -0.15) is 0 Å². The number of nitrogens with one attached hydrogen (secondary N) is 2. The second kappa shape index (κ2) is 5.59. The van der Waals surface area contributed by atoms with Crippen molar-refractivity contribution in [3.05, 3.63) is 21.3 Å². The van der Waals surface area contributed by atoms with Gasteiger partial charge in [0.1, 0.15) is 0 Å².